The van der Waals surface area contributed by atoms with Gasteiger partial charge in [0.2, 0.25) is 11.3 Å². The zero-order chi connectivity index (χ0) is 18.9. The van der Waals surface area contributed by atoms with E-state index in [1.54, 1.807) is 6.20 Å². The number of hydrogen-bond acceptors (Lipinski definition) is 9. The number of aliphatic hydroxyl groups excluding tert-OH is 1. The Kier molecular flexibility index (Phi) is 4.52. The lowest BCUT2D eigenvalue weighted by atomic mass is 9.89. The predicted octanol–water partition coefficient (Wildman–Crippen LogP) is 1.96. The number of aromatic nitrogens is 5. The summed E-state index contributed by atoms with van der Waals surface area (Å²) in [6.45, 7) is 3.57. The Morgan fingerprint density at radius 1 is 0.929 bits per heavy atom. The molecule has 2 saturated heterocycles. The molecule has 0 radical (unpaired) electrons. The first-order chi connectivity index (χ1) is 13.8. The van der Waals surface area contributed by atoms with E-state index in [2.05, 4.69) is 30.1 Å². The lowest BCUT2D eigenvalue weighted by Gasteiger charge is -2.36. The Labute approximate surface area is 162 Å². The van der Waals surface area contributed by atoms with Gasteiger partial charge >= 0.3 is 0 Å². The third-order valence-electron chi connectivity index (χ3n) is 5.76. The molecule has 2 aliphatic heterocycles. The van der Waals surface area contributed by atoms with Gasteiger partial charge in [-0.05, 0) is 54.0 Å². The number of nitrogens with zero attached hydrogens (tertiary/aromatic N) is 7. The minimum atomic E-state index is -0.533. The number of piperidine rings is 1. The van der Waals surface area contributed by atoms with E-state index >= 15 is 0 Å². The molecular weight excluding hydrogens is 358 g/mol. The highest BCUT2D eigenvalue weighted by molar-refractivity contribution is 5.74. The molecule has 0 aliphatic carbocycles. The number of aliphatic hydroxyl groups is 1. The van der Waals surface area contributed by atoms with E-state index in [1.165, 1.54) is 0 Å². The SMILES string of the molecule is OC(c1ccccn1)C1CCN(c2nc3nonc3nc2N2CCCC2)CC1. The van der Waals surface area contributed by atoms with Crippen molar-refractivity contribution >= 4 is 22.9 Å². The molecule has 28 heavy (non-hydrogen) atoms. The zero-order valence-electron chi connectivity index (χ0n) is 15.6. The van der Waals surface area contributed by atoms with Crippen LogP contribution >= 0.6 is 0 Å². The maximum atomic E-state index is 10.7. The van der Waals surface area contributed by atoms with Gasteiger partial charge in [-0.2, -0.15) is 0 Å². The van der Waals surface area contributed by atoms with Crippen molar-refractivity contribution in [2.24, 2.45) is 5.92 Å². The normalized spacial score (nSPS) is 19.5. The van der Waals surface area contributed by atoms with E-state index < -0.39 is 6.10 Å². The average Bonchev–Trinajstić information content (AvgIpc) is 3.44. The highest BCUT2D eigenvalue weighted by Crippen LogP contribution is 2.35. The highest BCUT2D eigenvalue weighted by Gasteiger charge is 2.30. The molecule has 3 aromatic rings. The van der Waals surface area contributed by atoms with Crippen LogP contribution in [-0.2, 0) is 0 Å². The van der Waals surface area contributed by atoms with Crippen LogP contribution in [0, 0.1) is 5.92 Å². The topological polar surface area (TPSA) is 104 Å². The molecule has 5 rings (SSSR count). The largest absolute Gasteiger partial charge is 0.387 e. The zero-order valence-corrected chi connectivity index (χ0v) is 15.6. The van der Waals surface area contributed by atoms with Crippen LogP contribution in [0.3, 0.4) is 0 Å². The number of fused-ring (bicyclic) bond motifs is 1. The number of hydrogen-bond donors (Lipinski definition) is 1. The summed E-state index contributed by atoms with van der Waals surface area (Å²) in [7, 11) is 0. The van der Waals surface area contributed by atoms with Gasteiger partial charge in [-0.3, -0.25) is 4.98 Å². The molecule has 0 amide bonds. The van der Waals surface area contributed by atoms with Crippen molar-refractivity contribution < 1.29 is 9.74 Å². The van der Waals surface area contributed by atoms with Crippen molar-refractivity contribution in [1.82, 2.24) is 25.3 Å². The Balaban J connectivity index is 1.37. The maximum absolute atomic E-state index is 10.7. The molecule has 9 nitrogen and oxygen atoms in total. The molecule has 9 heteroatoms. The number of anilines is 2. The van der Waals surface area contributed by atoms with E-state index in [0.29, 0.717) is 11.3 Å². The van der Waals surface area contributed by atoms with E-state index in [-0.39, 0.29) is 5.92 Å². The predicted molar refractivity (Wildman–Crippen MR) is 103 cm³/mol. The van der Waals surface area contributed by atoms with Gasteiger partial charge in [0.1, 0.15) is 0 Å². The minimum absolute atomic E-state index is 0.187. The van der Waals surface area contributed by atoms with Crippen LogP contribution in [0.4, 0.5) is 11.6 Å². The third kappa shape index (κ3) is 3.15. The molecule has 3 aromatic heterocycles. The fourth-order valence-corrected chi connectivity index (χ4v) is 4.19. The van der Waals surface area contributed by atoms with Crippen molar-refractivity contribution in [2.75, 3.05) is 36.0 Å². The molecule has 0 saturated carbocycles. The lowest BCUT2D eigenvalue weighted by molar-refractivity contribution is 0.0890. The summed E-state index contributed by atoms with van der Waals surface area (Å²) in [5.74, 6) is 1.90. The molecule has 5 heterocycles. The van der Waals surface area contributed by atoms with E-state index in [9.17, 15) is 5.11 Å². The van der Waals surface area contributed by atoms with Gasteiger partial charge in [0.05, 0.1) is 11.8 Å². The van der Waals surface area contributed by atoms with Crippen molar-refractivity contribution in [3.8, 4) is 0 Å². The van der Waals surface area contributed by atoms with Crippen LogP contribution in [0.15, 0.2) is 29.0 Å². The van der Waals surface area contributed by atoms with Crippen LogP contribution in [0.1, 0.15) is 37.5 Å². The fourth-order valence-electron chi connectivity index (χ4n) is 4.19. The molecule has 1 N–H and O–H groups in total. The first-order valence-electron chi connectivity index (χ1n) is 9.89. The molecule has 1 unspecified atom stereocenters. The molecular formula is C19H23N7O2. The quantitative estimate of drug-likeness (QED) is 0.726. The second kappa shape index (κ2) is 7.31. The summed E-state index contributed by atoms with van der Waals surface area (Å²) in [6.07, 6.45) is 5.26. The molecule has 146 valence electrons. The maximum Gasteiger partial charge on any atom is 0.245 e. The molecule has 1 atom stereocenters. The van der Waals surface area contributed by atoms with Gasteiger partial charge < -0.3 is 14.9 Å². The van der Waals surface area contributed by atoms with Crippen molar-refractivity contribution in [2.45, 2.75) is 31.8 Å². The molecule has 0 spiro atoms. The summed E-state index contributed by atoms with van der Waals surface area (Å²) in [5, 5.41) is 18.4. The van der Waals surface area contributed by atoms with Gasteiger partial charge in [-0.1, -0.05) is 6.07 Å². The Hall–Kier alpha value is -2.81. The van der Waals surface area contributed by atoms with Crippen LogP contribution in [0.2, 0.25) is 0 Å². The van der Waals surface area contributed by atoms with Gasteiger partial charge in [0, 0.05) is 32.4 Å². The standard InChI is InChI=1S/C19H23N7O2/c27-15(14-5-1-2-8-20-14)13-6-11-26(12-7-13)19-18(25-9-3-4-10-25)21-16-17(22-19)24-28-23-16/h1-2,5,8,13,15,27H,3-4,6-7,9-12H2. The molecule has 0 bridgehead atoms. The summed E-state index contributed by atoms with van der Waals surface area (Å²) in [4.78, 5) is 18.2. The summed E-state index contributed by atoms with van der Waals surface area (Å²) in [5.41, 5.74) is 1.63. The Morgan fingerprint density at radius 3 is 2.18 bits per heavy atom. The highest BCUT2D eigenvalue weighted by atomic mass is 16.6. The minimum Gasteiger partial charge on any atom is -0.387 e. The number of pyridine rings is 1. The summed E-state index contributed by atoms with van der Waals surface area (Å²) in [6, 6.07) is 5.67. The first-order valence-corrected chi connectivity index (χ1v) is 9.89. The Morgan fingerprint density at radius 2 is 1.57 bits per heavy atom. The molecule has 2 fully saturated rings. The van der Waals surface area contributed by atoms with Crippen LogP contribution in [-0.4, -0.2) is 56.6 Å². The molecule has 2 aliphatic rings. The second-order valence-corrected chi connectivity index (χ2v) is 7.50. The van der Waals surface area contributed by atoms with Gasteiger partial charge in [0.25, 0.3) is 0 Å². The third-order valence-corrected chi connectivity index (χ3v) is 5.76. The summed E-state index contributed by atoms with van der Waals surface area (Å²) < 4.78 is 4.82. The van der Waals surface area contributed by atoms with Crippen molar-refractivity contribution in [3.05, 3.63) is 30.1 Å². The monoisotopic (exact) mass is 381 g/mol. The van der Waals surface area contributed by atoms with E-state index in [1.807, 2.05) is 18.2 Å². The van der Waals surface area contributed by atoms with Gasteiger partial charge in [0.15, 0.2) is 11.6 Å². The molecule has 0 aromatic carbocycles. The first kappa shape index (κ1) is 17.3. The van der Waals surface area contributed by atoms with E-state index in [0.717, 1.165) is 69.2 Å². The van der Waals surface area contributed by atoms with Crippen molar-refractivity contribution in [1.29, 1.82) is 0 Å². The fraction of sp³-hybridized carbons (Fsp3) is 0.526. The average molecular weight is 381 g/mol. The number of rotatable bonds is 4. The van der Waals surface area contributed by atoms with E-state index in [4.69, 9.17) is 9.61 Å². The second-order valence-electron chi connectivity index (χ2n) is 7.50. The van der Waals surface area contributed by atoms with Crippen LogP contribution in [0.25, 0.3) is 11.3 Å². The lowest BCUT2D eigenvalue weighted by Crippen LogP contribution is -2.37. The van der Waals surface area contributed by atoms with Crippen molar-refractivity contribution in [3.63, 3.8) is 0 Å². The van der Waals surface area contributed by atoms with Crippen LogP contribution < -0.4 is 9.80 Å². The van der Waals surface area contributed by atoms with Gasteiger partial charge in [-0.25, -0.2) is 14.6 Å². The Bertz CT molecular complexity index is 934. The van der Waals surface area contributed by atoms with Crippen LogP contribution in [0.5, 0.6) is 0 Å². The smallest absolute Gasteiger partial charge is 0.245 e. The van der Waals surface area contributed by atoms with Gasteiger partial charge in [-0.15, -0.1) is 0 Å². The summed E-state index contributed by atoms with van der Waals surface area (Å²) >= 11 is 0.